The fourth-order valence-corrected chi connectivity index (χ4v) is 1.65. The Labute approximate surface area is 102 Å². The predicted octanol–water partition coefficient (Wildman–Crippen LogP) is 2.34. The van der Waals surface area contributed by atoms with Crippen LogP contribution in [0.4, 0.5) is 0 Å². The number of rotatable bonds is 6. The van der Waals surface area contributed by atoms with Gasteiger partial charge in [-0.1, -0.05) is 17.7 Å². The maximum atomic E-state index is 5.88. The zero-order chi connectivity index (χ0) is 12.0. The van der Waals surface area contributed by atoms with Crippen LogP contribution >= 0.6 is 11.6 Å². The molecule has 0 radical (unpaired) electrons. The Balaban J connectivity index is 2.58. The summed E-state index contributed by atoms with van der Waals surface area (Å²) in [6.45, 7) is 2.61. The van der Waals surface area contributed by atoms with Gasteiger partial charge in [0.25, 0.3) is 0 Å². The summed E-state index contributed by atoms with van der Waals surface area (Å²) >= 11 is 5.88. The van der Waals surface area contributed by atoms with Crippen molar-refractivity contribution in [1.29, 1.82) is 0 Å². The number of benzene rings is 1. The second-order valence-electron chi connectivity index (χ2n) is 3.63. The minimum atomic E-state index is 0.0171. The van der Waals surface area contributed by atoms with E-state index in [-0.39, 0.29) is 12.1 Å². The average Bonchev–Trinajstić information content (AvgIpc) is 2.25. The summed E-state index contributed by atoms with van der Waals surface area (Å²) in [6, 6.07) is 7.54. The molecule has 2 unspecified atom stereocenters. The Hall–Kier alpha value is -0.770. The molecule has 0 saturated carbocycles. The highest BCUT2D eigenvalue weighted by Gasteiger charge is 2.16. The number of hydrogen-bond donors (Lipinski definition) is 1. The quantitative estimate of drug-likeness (QED) is 0.832. The Kier molecular flexibility index (Phi) is 5.60. The predicted molar refractivity (Wildman–Crippen MR) is 66.3 cm³/mol. The SMILES string of the molecule is CNC(COC)C(C)Oc1cccc(Cl)c1. The second-order valence-corrected chi connectivity index (χ2v) is 4.07. The van der Waals surface area contributed by atoms with Crippen molar-refractivity contribution in [2.75, 3.05) is 20.8 Å². The van der Waals surface area contributed by atoms with Crippen molar-refractivity contribution in [2.45, 2.75) is 19.1 Å². The highest BCUT2D eigenvalue weighted by Crippen LogP contribution is 2.19. The summed E-state index contributed by atoms with van der Waals surface area (Å²) in [4.78, 5) is 0. The van der Waals surface area contributed by atoms with Crippen LogP contribution in [0.25, 0.3) is 0 Å². The zero-order valence-corrected chi connectivity index (χ0v) is 10.6. The Morgan fingerprint density at radius 1 is 1.44 bits per heavy atom. The number of halogens is 1. The third-order valence-corrected chi connectivity index (χ3v) is 2.64. The molecule has 1 N–H and O–H groups in total. The van der Waals surface area contributed by atoms with Crippen LogP contribution in [0.3, 0.4) is 0 Å². The van der Waals surface area contributed by atoms with Crippen LogP contribution in [0, 0.1) is 0 Å². The fourth-order valence-electron chi connectivity index (χ4n) is 1.47. The number of likely N-dealkylation sites (N-methyl/N-ethyl adjacent to an activating group) is 1. The lowest BCUT2D eigenvalue weighted by Crippen LogP contribution is -2.42. The molecule has 0 aliphatic carbocycles. The highest BCUT2D eigenvalue weighted by atomic mass is 35.5. The van der Waals surface area contributed by atoms with E-state index in [4.69, 9.17) is 21.1 Å². The fraction of sp³-hybridized carbons (Fsp3) is 0.500. The Morgan fingerprint density at radius 3 is 2.75 bits per heavy atom. The first-order valence-electron chi connectivity index (χ1n) is 5.25. The lowest BCUT2D eigenvalue weighted by molar-refractivity contribution is 0.0984. The minimum Gasteiger partial charge on any atom is -0.489 e. The van der Waals surface area contributed by atoms with Crippen molar-refractivity contribution in [3.05, 3.63) is 29.3 Å². The maximum absolute atomic E-state index is 5.88. The molecular weight excluding hydrogens is 226 g/mol. The van der Waals surface area contributed by atoms with E-state index in [1.54, 1.807) is 13.2 Å². The van der Waals surface area contributed by atoms with E-state index in [1.807, 2.05) is 32.2 Å². The molecule has 1 rings (SSSR count). The Morgan fingerprint density at radius 2 is 2.19 bits per heavy atom. The zero-order valence-electron chi connectivity index (χ0n) is 9.87. The first kappa shape index (κ1) is 13.3. The van der Waals surface area contributed by atoms with Crippen LogP contribution < -0.4 is 10.1 Å². The summed E-state index contributed by atoms with van der Waals surface area (Å²) in [5.41, 5.74) is 0. The van der Waals surface area contributed by atoms with Gasteiger partial charge in [0.2, 0.25) is 0 Å². The van der Waals surface area contributed by atoms with E-state index in [0.29, 0.717) is 11.6 Å². The molecule has 0 fully saturated rings. The van der Waals surface area contributed by atoms with Crippen LogP contribution in [0.1, 0.15) is 6.92 Å². The molecule has 0 spiro atoms. The first-order valence-corrected chi connectivity index (χ1v) is 5.63. The van der Waals surface area contributed by atoms with Gasteiger partial charge in [-0.3, -0.25) is 0 Å². The van der Waals surface area contributed by atoms with Crippen LogP contribution in [0.2, 0.25) is 5.02 Å². The summed E-state index contributed by atoms with van der Waals surface area (Å²) < 4.78 is 10.9. The van der Waals surface area contributed by atoms with Gasteiger partial charge in [-0.05, 0) is 32.2 Å². The van der Waals surface area contributed by atoms with Crippen LogP contribution in [0.5, 0.6) is 5.75 Å². The molecule has 16 heavy (non-hydrogen) atoms. The van der Waals surface area contributed by atoms with E-state index in [2.05, 4.69) is 5.32 Å². The standard InChI is InChI=1S/C12H18ClNO2/c1-9(12(14-2)8-15-3)16-11-6-4-5-10(13)7-11/h4-7,9,12,14H,8H2,1-3H3. The van der Waals surface area contributed by atoms with Crippen LogP contribution in [-0.4, -0.2) is 32.9 Å². The minimum absolute atomic E-state index is 0.0171. The summed E-state index contributed by atoms with van der Waals surface area (Å²) in [5, 5.41) is 3.83. The largest absolute Gasteiger partial charge is 0.489 e. The van der Waals surface area contributed by atoms with E-state index >= 15 is 0 Å². The number of ether oxygens (including phenoxy) is 2. The topological polar surface area (TPSA) is 30.5 Å². The lowest BCUT2D eigenvalue weighted by atomic mass is 10.2. The molecule has 0 amide bonds. The summed E-state index contributed by atoms with van der Waals surface area (Å²) in [5.74, 6) is 0.774. The van der Waals surface area contributed by atoms with E-state index < -0.39 is 0 Å². The van der Waals surface area contributed by atoms with Gasteiger partial charge in [0.05, 0.1) is 12.6 Å². The third kappa shape index (κ3) is 4.00. The molecule has 0 saturated heterocycles. The molecule has 90 valence electrons. The number of methoxy groups -OCH3 is 1. The van der Waals surface area contributed by atoms with Crippen molar-refractivity contribution >= 4 is 11.6 Å². The molecule has 0 aliphatic rings. The van der Waals surface area contributed by atoms with Crippen molar-refractivity contribution in [1.82, 2.24) is 5.32 Å². The molecule has 1 aromatic carbocycles. The van der Waals surface area contributed by atoms with Crippen LogP contribution in [0.15, 0.2) is 24.3 Å². The normalized spacial score (nSPS) is 14.5. The molecule has 3 nitrogen and oxygen atoms in total. The monoisotopic (exact) mass is 243 g/mol. The van der Waals surface area contributed by atoms with Gasteiger partial charge >= 0.3 is 0 Å². The molecule has 0 aromatic heterocycles. The molecule has 1 aromatic rings. The van der Waals surface area contributed by atoms with Gasteiger partial charge in [0, 0.05) is 12.1 Å². The molecular formula is C12H18ClNO2. The van der Waals surface area contributed by atoms with Gasteiger partial charge in [-0.2, -0.15) is 0 Å². The van der Waals surface area contributed by atoms with Crippen LogP contribution in [-0.2, 0) is 4.74 Å². The maximum Gasteiger partial charge on any atom is 0.121 e. The summed E-state index contributed by atoms with van der Waals surface area (Å²) in [7, 11) is 3.57. The summed E-state index contributed by atoms with van der Waals surface area (Å²) in [6.07, 6.45) is 0.0171. The molecule has 2 atom stereocenters. The van der Waals surface area contributed by atoms with E-state index in [1.165, 1.54) is 0 Å². The van der Waals surface area contributed by atoms with Crippen molar-refractivity contribution in [2.24, 2.45) is 0 Å². The van der Waals surface area contributed by atoms with Crippen molar-refractivity contribution in [3.8, 4) is 5.75 Å². The highest BCUT2D eigenvalue weighted by molar-refractivity contribution is 6.30. The number of hydrogen-bond acceptors (Lipinski definition) is 3. The van der Waals surface area contributed by atoms with Crippen molar-refractivity contribution < 1.29 is 9.47 Å². The van der Waals surface area contributed by atoms with Gasteiger partial charge in [-0.25, -0.2) is 0 Å². The van der Waals surface area contributed by atoms with E-state index in [0.717, 1.165) is 5.75 Å². The second kappa shape index (κ2) is 6.74. The van der Waals surface area contributed by atoms with Crippen molar-refractivity contribution in [3.63, 3.8) is 0 Å². The van der Waals surface area contributed by atoms with Gasteiger partial charge in [0.15, 0.2) is 0 Å². The molecule has 0 aliphatic heterocycles. The smallest absolute Gasteiger partial charge is 0.121 e. The third-order valence-electron chi connectivity index (χ3n) is 2.40. The lowest BCUT2D eigenvalue weighted by Gasteiger charge is -2.23. The molecule has 0 heterocycles. The van der Waals surface area contributed by atoms with E-state index in [9.17, 15) is 0 Å². The molecule has 4 heteroatoms. The van der Waals surface area contributed by atoms with Gasteiger partial charge in [-0.15, -0.1) is 0 Å². The first-order chi connectivity index (χ1) is 7.67. The van der Waals surface area contributed by atoms with Gasteiger partial charge < -0.3 is 14.8 Å². The molecule has 0 bridgehead atoms. The Bertz CT molecular complexity index is 320. The number of nitrogens with one attached hydrogen (secondary N) is 1. The average molecular weight is 244 g/mol. The van der Waals surface area contributed by atoms with Gasteiger partial charge in [0.1, 0.15) is 11.9 Å².